The number of nitrogens with zero attached hydrogens (tertiary/aromatic N) is 1. The largest absolute Gasteiger partial charge is 0.484 e. The van der Waals surface area contributed by atoms with Crippen molar-refractivity contribution in [3.05, 3.63) is 29.3 Å². The highest BCUT2D eigenvalue weighted by molar-refractivity contribution is 5.80. The van der Waals surface area contributed by atoms with Crippen molar-refractivity contribution in [2.24, 2.45) is 0 Å². The lowest BCUT2D eigenvalue weighted by Gasteiger charge is -2.19. The maximum Gasteiger partial charge on any atom is 0.260 e. The van der Waals surface area contributed by atoms with Gasteiger partial charge in [0, 0.05) is 26.1 Å². The monoisotopic (exact) mass is 276 g/mol. The highest BCUT2D eigenvalue weighted by Gasteiger charge is 2.18. The van der Waals surface area contributed by atoms with Gasteiger partial charge < -0.3 is 15.0 Å². The molecule has 2 amide bonds. The molecule has 0 aromatic heterocycles. The quantitative estimate of drug-likeness (QED) is 0.897. The van der Waals surface area contributed by atoms with Gasteiger partial charge in [0.05, 0.1) is 0 Å². The third-order valence-electron chi connectivity index (χ3n) is 3.22. The van der Waals surface area contributed by atoms with Gasteiger partial charge in [-0.2, -0.15) is 0 Å². The molecule has 1 heterocycles. The van der Waals surface area contributed by atoms with Crippen LogP contribution in [0, 0.1) is 13.8 Å². The second-order valence-corrected chi connectivity index (χ2v) is 5.09. The van der Waals surface area contributed by atoms with Crippen LogP contribution in [0.3, 0.4) is 0 Å². The van der Waals surface area contributed by atoms with E-state index < -0.39 is 0 Å². The maximum absolute atomic E-state index is 12.1. The SMILES string of the molecule is Cc1cc(C)cc(OCC(=O)N2CCNC(=O)CC2)c1. The normalized spacial score (nSPS) is 15.5. The number of nitrogens with one attached hydrogen (secondary N) is 1. The molecule has 0 bridgehead atoms. The Bertz CT molecular complexity index is 494. The average Bonchev–Trinajstić information content (AvgIpc) is 2.60. The van der Waals surface area contributed by atoms with Crippen LogP contribution >= 0.6 is 0 Å². The second kappa shape index (κ2) is 6.41. The Morgan fingerprint density at radius 1 is 1.25 bits per heavy atom. The molecule has 0 unspecified atom stereocenters. The van der Waals surface area contributed by atoms with Crippen LogP contribution < -0.4 is 10.1 Å². The molecule has 5 nitrogen and oxygen atoms in total. The van der Waals surface area contributed by atoms with Gasteiger partial charge in [-0.25, -0.2) is 0 Å². The zero-order valence-corrected chi connectivity index (χ0v) is 11.9. The first-order chi connectivity index (χ1) is 9.54. The molecular weight excluding hydrogens is 256 g/mol. The molecule has 0 atom stereocenters. The summed E-state index contributed by atoms with van der Waals surface area (Å²) in [5.74, 6) is 0.621. The summed E-state index contributed by atoms with van der Waals surface area (Å²) in [6.45, 7) is 5.51. The summed E-state index contributed by atoms with van der Waals surface area (Å²) < 4.78 is 5.55. The first kappa shape index (κ1) is 14.4. The Balaban J connectivity index is 1.89. The number of hydrogen-bond donors (Lipinski definition) is 1. The molecule has 1 saturated heterocycles. The van der Waals surface area contributed by atoms with Crippen molar-refractivity contribution in [3.8, 4) is 5.75 Å². The highest BCUT2D eigenvalue weighted by atomic mass is 16.5. The smallest absolute Gasteiger partial charge is 0.260 e. The molecule has 108 valence electrons. The fraction of sp³-hybridized carbons (Fsp3) is 0.467. The molecule has 1 aromatic carbocycles. The minimum Gasteiger partial charge on any atom is -0.484 e. The first-order valence-electron chi connectivity index (χ1n) is 6.80. The summed E-state index contributed by atoms with van der Waals surface area (Å²) in [6, 6.07) is 5.88. The predicted molar refractivity (Wildman–Crippen MR) is 75.6 cm³/mol. The van der Waals surface area contributed by atoms with E-state index in [1.54, 1.807) is 4.90 Å². The molecule has 1 N–H and O–H groups in total. The Hall–Kier alpha value is -2.04. The van der Waals surface area contributed by atoms with Crippen LogP contribution in [0.1, 0.15) is 17.5 Å². The Labute approximate surface area is 118 Å². The number of hydrogen-bond acceptors (Lipinski definition) is 3. The van der Waals surface area contributed by atoms with Gasteiger partial charge in [-0.15, -0.1) is 0 Å². The molecule has 1 aliphatic rings. The van der Waals surface area contributed by atoms with Gasteiger partial charge in [0.1, 0.15) is 5.75 Å². The fourth-order valence-electron chi connectivity index (χ4n) is 2.27. The first-order valence-corrected chi connectivity index (χ1v) is 6.80. The molecule has 1 aromatic rings. The summed E-state index contributed by atoms with van der Waals surface area (Å²) in [7, 11) is 0. The average molecular weight is 276 g/mol. The standard InChI is InChI=1S/C15H20N2O3/c1-11-7-12(2)9-13(8-11)20-10-15(19)17-5-3-14(18)16-4-6-17/h7-9H,3-6,10H2,1-2H3,(H,16,18). The summed E-state index contributed by atoms with van der Waals surface area (Å²) in [5, 5.41) is 2.74. The van der Waals surface area contributed by atoms with Crippen molar-refractivity contribution in [2.75, 3.05) is 26.2 Å². The number of carbonyl (C=O) groups excluding carboxylic acids is 2. The summed E-state index contributed by atoms with van der Waals surface area (Å²) >= 11 is 0. The van der Waals surface area contributed by atoms with Gasteiger partial charge >= 0.3 is 0 Å². The third kappa shape index (κ3) is 3.98. The van der Waals surface area contributed by atoms with E-state index in [1.807, 2.05) is 26.0 Å². The predicted octanol–water partition coefficient (Wildman–Crippen LogP) is 1.03. The van der Waals surface area contributed by atoms with Gasteiger partial charge in [0.15, 0.2) is 6.61 Å². The molecule has 1 aliphatic heterocycles. The summed E-state index contributed by atoms with van der Waals surface area (Å²) in [5.41, 5.74) is 2.22. The molecule has 0 spiro atoms. The van der Waals surface area contributed by atoms with Crippen molar-refractivity contribution < 1.29 is 14.3 Å². The number of rotatable bonds is 3. The van der Waals surface area contributed by atoms with Crippen molar-refractivity contribution >= 4 is 11.8 Å². The highest BCUT2D eigenvalue weighted by Crippen LogP contribution is 2.16. The van der Waals surface area contributed by atoms with Gasteiger partial charge in [0.25, 0.3) is 5.91 Å². The van der Waals surface area contributed by atoms with Crippen LogP contribution in [-0.2, 0) is 9.59 Å². The minimum atomic E-state index is -0.0827. The van der Waals surface area contributed by atoms with Crippen LogP contribution in [0.25, 0.3) is 0 Å². The lowest BCUT2D eigenvalue weighted by Crippen LogP contribution is -2.37. The zero-order chi connectivity index (χ0) is 14.5. The van der Waals surface area contributed by atoms with E-state index in [1.165, 1.54) is 0 Å². The lowest BCUT2D eigenvalue weighted by molar-refractivity contribution is -0.133. The van der Waals surface area contributed by atoms with Crippen molar-refractivity contribution in [1.82, 2.24) is 10.2 Å². The van der Waals surface area contributed by atoms with Crippen molar-refractivity contribution in [3.63, 3.8) is 0 Å². The second-order valence-electron chi connectivity index (χ2n) is 5.09. The Morgan fingerprint density at radius 2 is 1.95 bits per heavy atom. The van der Waals surface area contributed by atoms with Crippen LogP contribution in [0.2, 0.25) is 0 Å². The molecule has 0 aliphatic carbocycles. The number of aryl methyl sites for hydroxylation is 2. The van der Waals surface area contributed by atoms with E-state index in [0.29, 0.717) is 31.8 Å². The zero-order valence-electron chi connectivity index (χ0n) is 11.9. The molecule has 0 radical (unpaired) electrons. The number of carbonyl (C=O) groups is 2. The van der Waals surface area contributed by atoms with Crippen molar-refractivity contribution in [1.29, 1.82) is 0 Å². The lowest BCUT2D eigenvalue weighted by atomic mass is 10.1. The van der Waals surface area contributed by atoms with Crippen LogP contribution in [-0.4, -0.2) is 43.0 Å². The molecular formula is C15H20N2O3. The van der Waals surface area contributed by atoms with E-state index in [9.17, 15) is 9.59 Å². The maximum atomic E-state index is 12.1. The van der Waals surface area contributed by atoms with E-state index in [4.69, 9.17) is 4.74 Å². The van der Waals surface area contributed by atoms with E-state index in [0.717, 1.165) is 11.1 Å². The van der Waals surface area contributed by atoms with Crippen molar-refractivity contribution in [2.45, 2.75) is 20.3 Å². The summed E-state index contributed by atoms with van der Waals surface area (Å²) in [4.78, 5) is 25.0. The number of benzene rings is 1. The van der Waals surface area contributed by atoms with E-state index in [2.05, 4.69) is 11.4 Å². The minimum absolute atomic E-state index is 0.00414. The van der Waals surface area contributed by atoms with E-state index >= 15 is 0 Å². The van der Waals surface area contributed by atoms with E-state index in [-0.39, 0.29) is 18.4 Å². The van der Waals surface area contributed by atoms with Gasteiger partial charge in [0.2, 0.25) is 5.91 Å². The fourth-order valence-corrected chi connectivity index (χ4v) is 2.27. The molecule has 1 fully saturated rings. The molecule has 0 saturated carbocycles. The topological polar surface area (TPSA) is 58.6 Å². The van der Waals surface area contributed by atoms with Crippen LogP contribution in [0.5, 0.6) is 5.75 Å². The Kier molecular flexibility index (Phi) is 4.61. The third-order valence-corrected chi connectivity index (χ3v) is 3.22. The van der Waals surface area contributed by atoms with Crippen LogP contribution in [0.4, 0.5) is 0 Å². The van der Waals surface area contributed by atoms with Gasteiger partial charge in [-0.1, -0.05) is 6.07 Å². The van der Waals surface area contributed by atoms with Gasteiger partial charge in [-0.3, -0.25) is 9.59 Å². The molecule has 2 rings (SSSR count). The molecule has 5 heteroatoms. The van der Waals surface area contributed by atoms with Crippen LogP contribution in [0.15, 0.2) is 18.2 Å². The number of amides is 2. The van der Waals surface area contributed by atoms with Gasteiger partial charge in [-0.05, 0) is 37.1 Å². The number of ether oxygens (including phenoxy) is 1. The molecule has 20 heavy (non-hydrogen) atoms. The summed E-state index contributed by atoms with van der Waals surface area (Å²) in [6.07, 6.45) is 0.356. The Morgan fingerprint density at radius 3 is 2.65 bits per heavy atom.